The molecule has 0 radical (unpaired) electrons. The van der Waals surface area contributed by atoms with Crippen LogP contribution in [0, 0.1) is 0 Å². The highest BCUT2D eigenvalue weighted by Gasteiger charge is 2.31. The minimum absolute atomic E-state index is 0. The number of hydrogen-bond acceptors (Lipinski definition) is 3. The van der Waals surface area contributed by atoms with Crippen LogP contribution < -0.4 is 5.32 Å². The molecule has 2 bridgehead atoms. The molecule has 1 atom stereocenters. The molecule has 7 heteroatoms. The second kappa shape index (κ2) is 9.94. The minimum atomic E-state index is 0. The first-order chi connectivity index (χ1) is 11.7. The van der Waals surface area contributed by atoms with E-state index < -0.39 is 0 Å². The number of nitrogens with zero attached hydrogens (tertiary/aromatic N) is 4. The lowest BCUT2D eigenvalue weighted by Crippen LogP contribution is -2.62. The number of aliphatic imine (C=N–C) groups is 1. The maximum absolute atomic E-state index is 6.09. The zero-order valence-corrected chi connectivity index (χ0v) is 18.2. The van der Waals surface area contributed by atoms with E-state index in [9.17, 15) is 0 Å². The summed E-state index contributed by atoms with van der Waals surface area (Å²) >= 11 is 6.09. The predicted molar refractivity (Wildman–Crippen MR) is 116 cm³/mol. The number of rotatable bonds is 5. The molecule has 5 nitrogen and oxygen atoms in total. The van der Waals surface area contributed by atoms with Crippen molar-refractivity contribution in [2.24, 2.45) is 4.99 Å². The lowest BCUT2D eigenvalue weighted by molar-refractivity contribution is 0.0173. The van der Waals surface area contributed by atoms with Crippen molar-refractivity contribution in [3.05, 3.63) is 34.9 Å². The van der Waals surface area contributed by atoms with Crippen LogP contribution in [0.5, 0.6) is 0 Å². The Kier molecular flexibility index (Phi) is 8.25. The van der Waals surface area contributed by atoms with Crippen LogP contribution in [0.4, 0.5) is 0 Å². The van der Waals surface area contributed by atoms with E-state index in [0.29, 0.717) is 6.04 Å². The first-order valence-corrected chi connectivity index (χ1v) is 9.24. The van der Waals surface area contributed by atoms with Crippen molar-refractivity contribution >= 4 is 41.5 Å². The second-order valence-corrected chi connectivity index (χ2v) is 7.11. The van der Waals surface area contributed by atoms with Gasteiger partial charge in [0.05, 0.1) is 6.54 Å². The molecule has 3 heterocycles. The molecule has 25 heavy (non-hydrogen) atoms. The van der Waals surface area contributed by atoms with Gasteiger partial charge in [0.1, 0.15) is 0 Å². The summed E-state index contributed by atoms with van der Waals surface area (Å²) in [6.45, 7) is 10.6. The van der Waals surface area contributed by atoms with Gasteiger partial charge in [-0.25, -0.2) is 0 Å². The monoisotopic (exact) mass is 477 g/mol. The normalized spacial score (nSPS) is 25.4. The zero-order valence-electron chi connectivity index (χ0n) is 15.1. The Labute approximate surface area is 173 Å². The second-order valence-electron chi connectivity index (χ2n) is 6.67. The molecule has 1 unspecified atom stereocenters. The fraction of sp³-hybridized carbons (Fsp3) is 0.611. The van der Waals surface area contributed by atoms with Crippen molar-refractivity contribution in [3.8, 4) is 0 Å². The third-order valence-corrected chi connectivity index (χ3v) is 5.08. The zero-order chi connectivity index (χ0) is 16.9. The highest BCUT2D eigenvalue weighted by Crippen LogP contribution is 2.16. The maximum atomic E-state index is 6.09. The van der Waals surface area contributed by atoms with Crippen LogP contribution in [0.3, 0.4) is 0 Å². The van der Waals surface area contributed by atoms with Crippen LogP contribution in [0.15, 0.2) is 29.3 Å². The van der Waals surface area contributed by atoms with Crippen LogP contribution in [-0.2, 0) is 6.54 Å². The molecule has 3 aliphatic rings. The van der Waals surface area contributed by atoms with Crippen LogP contribution in [0.25, 0.3) is 0 Å². The Morgan fingerprint density at radius 1 is 1.32 bits per heavy atom. The lowest BCUT2D eigenvalue weighted by atomic mass is 10.1. The van der Waals surface area contributed by atoms with E-state index >= 15 is 0 Å². The third-order valence-electron chi connectivity index (χ3n) is 4.85. The molecule has 140 valence electrons. The fourth-order valence-electron chi connectivity index (χ4n) is 3.54. The molecule has 0 spiro atoms. The Bertz CT molecular complexity index is 574. The molecule has 3 saturated heterocycles. The van der Waals surface area contributed by atoms with Crippen molar-refractivity contribution in [2.45, 2.75) is 19.5 Å². The van der Waals surface area contributed by atoms with E-state index in [-0.39, 0.29) is 24.0 Å². The first-order valence-electron chi connectivity index (χ1n) is 8.86. The summed E-state index contributed by atoms with van der Waals surface area (Å²) in [5.41, 5.74) is 1.20. The van der Waals surface area contributed by atoms with Gasteiger partial charge in [0.2, 0.25) is 0 Å². The van der Waals surface area contributed by atoms with Crippen molar-refractivity contribution in [2.75, 3.05) is 52.9 Å². The van der Waals surface area contributed by atoms with Crippen molar-refractivity contribution in [3.63, 3.8) is 0 Å². The van der Waals surface area contributed by atoms with Gasteiger partial charge in [-0.15, -0.1) is 24.0 Å². The van der Waals surface area contributed by atoms with Crippen molar-refractivity contribution < 1.29 is 0 Å². The topological polar surface area (TPSA) is 34.1 Å². The van der Waals surface area contributed by atoms with Gasteiger partial charge < -0.3 is 10.2 Å². The predicted octanol–water partition coefficient (Wildman–Crippen LogP) is 2.36. The molecule has 1 N–H and O–H groups in total. The van der Waals surface area contributed by atoms with Crippen LogP contribution in [0.2, 0.25) is 5.02 Å². The molecule has 1 aromatic carbocycles. The Morgan fingerprint density at radius 2 is 2.08 bits per heavy atom. The summed E-state index contributed by atoms with van der Waals surface area (Å²) in [4.78, 5) is 12.2. The van der Waals surface area contributed by atoms with Gasteiger partial charge in [-0.2, -0.15) is 0 Å². The van der Waals surface area contributed by atoms with E-state index in [1.807, 2.05) is 18.2 Å². The van der Waals surface area contributed by atoms with Gasteiger partial charge in [-0.3, -0.25) is 14.8 Å². The standard InChI is InChI=1S/C18H28ClN5.HI/c1-3-20-18(22(2)13-15-5-4-6-16(19)11-15)21-12-17-14-23-7-9-24(17)10-8-23;/h4-6,11,17H,3,7-10,12-14H2,1-2H3,(H,20,21);1H. The summed E-state index contributed by atoms with van der Waals surface area (Å²) in [7, 11) is 2.08. The molecule has 0 amide bonds. The number of halogens is 2. The Morgan fingerprint density at radius 3 is 2.68 bits per heavy atom. The highest BCUT2D eigenvalue weighted by atomic mass is 127. The van der Waals surface area contributed by atoms with Gasteiger partial charge in [0.15, 0.2) is 5.96 Å². The van der Waals surface area contributed by atoms with E-state index in [4.69, 9.17) is 16.6 Å². The average Bonchev–Trinajstić information content (AvgIpc) is 2.59. The molecule has 0 aliphatic carbocycles. The summed E-state index contributed by atoms with van der Waals surface area (Å²) in [5, 5.41) is 4.19. The van der Waals surface area contributed by atoms with Crippen LogP contribution in [0.1, 0.15) is 12.5 Å². The van der Waals surface area contributed by atoms with Gasteiger partial charge in [-0.1, -0.05) is 23.7 Å². The number of guanidine groups is 1. The molecule has 0 aromatic heterocycles. The van der Waals surface area contributed by atoms with E-state index in [0.717, 1.165) is 37.2 Å². The van der Waals surface area contributed by atoms with Gasteiger partial charge in [0, 0.05) is 63.9 Å². The Hall–Kier alpha value is -0.570. The molecule has 3 aliphatic heterocycles. The number of nitrogens with one attached hydrogen (secondary N) is 1. The summed E-state index contributed by atoms with van der Waals surface area (Å²) < 4.78 is 0. The van der Waals surface area contributed by atoms with E-state index in [2.05, 4.69) is 40.1 Å². The van der Waals surface area contributed by atoms with Gasteiger partial charge in [0.25, 0.3) is 0 Å². The third kappa shape index (κ3) is 5.70. The fourth-order valence-corrected chi connectivity index (χ4v) is 3.76. The number of hydrogen-bond donors (Lipinski definition) is 1. The molecule has 0 saturated carbocycles. The highest BCUT2D eigenvalue weighted by molar-refractivity contribution is 14.0. The van der Waals surface area contributed by atoms with Crippen LogP contribution >= 0.6 is 35.6 Å². The number of piperazine rings is 3. The molecular formula is C18H29ClIN5. The molecule has 3 fully saturated rings. The molecule has 1 aromatic rings. The number of fused-ring (bicyclic) bond motifs is 3. The first kappa shape index (κ1) is 20.7. The smallest absolute Gasteiger partial charge is 0.194 e. The van der Waals surface area contributed by atoms with Gasteiger partial charge in [-0.05, 0) is 24.6 Å². The lowest BCUT2D eigenvalue weighted by Gasteiger charge is -2.47. The summed E-state index contributed by atoms with van der Waals surface area (Å²) in [5.74, 6) is 0.968. The van der Waals surface area contributed by atoms with Gasteiger partial charge >= 0.3 is 0 Å². The molecule has 4 rings (SSSR count). The Balaban J connectivity index is 0.00000225. The average molecular weight is 478 g/mol. The minimum Gasteiger partial charge on any atom is -0.357 e. The quantitative estimate of drug-likeness (QED) is 0.401. The van der Waals surface area contributed by atoms with E-state index in [1.54, 1.807) is 0 Å². The van der Waals surface area contributed by atoms with E-state index in [1.165, 1.54) is 31.7 Å². The largest absolute Gasteiger partial charge is 0.357 e. The van der Waals surface area contributed by atoms with Crippen molar-refractivity contribution in [1.82, 2.24) is 20.0 Å². The number of benzene rings is 1. The molecular weight excluding hydrogens is 449 g/mol. The van der Waals surface area contributed by atoms with Crippen LogP contribution in [-0.4, -0.2) is 79.6 Å². The maximum Gasteiger partial charge on any atom is 0.194 e. The SMILES string of the molecule is CCNC(=NCC1CN2CCN1CC2)N(C)Cc1cccc(Cl)c1.I. The summed E-state index contributed by atoms with van der Waals surface area (Å²) in [6, 6.07) is 8.58. The summed E-state index contributed by atoms with van der Waals surface area (Å²) in [6.07, 6.45) is 0. The van der Waals surface area contributed by atoms with Crippen molar-refractivity contribution in [1.29, 1.82) is 0 Å².